The van der Waals surface area contributed by atoms with E-state index in [9.17, 15) is 0 Å². The second-order valence-electron chi connectivity index (χ2n) is 6.72. The van der Waals surface area contributed by atoms with Crippen molar-refractivity contribution >= 4 is 0 Å². The number of hydrogen-bond donors (Lipinski definition) is 0. The smallest absolute Gasteiger partial charge is 0 e. The first-order valence-electron chi connectivity index (χ1n) is 8.65. The summed E-state index contributed by atoms with van der Waals surface area (Å²) in [6.07, 6.45) is 3.28. The molecule has 0 fully saturated rings. The van der Waals surface area contributed by atoms with Gasteiger partial charge in [-0.05, 0) is 0 Å². The van der Waals surface area contributed by atoms with Gasteiger partial charge in [-0.1, -0.05) is 94.5 Å². The maximum atomic E-state index is 3.36. The number of allylic oxidation sites excluding steroid dienone is 2. The molecule has 154 valence electrons. The van der Waals surface area contributed by atoms with Gasteiger partial charge in [0, 0.05) is 33.0 Å². The largest absolute Gasteiger partial charge is 0.196 e. The van der Waals surface area contributed by atoms with Crippen LogP contribution in [-0.2, 0) is 33.0 Å². The van der Waals surface area contributed by atoms with Gasteiger partial charge in [0.25, 0.3) is 0 Å². The summed E-state index contributed by atoms with van der Waals surface area (Å²) in [6, 6.07) is 0. The molecule has 0 heterocycles. The first kappa shape index (κ1) is 29.9. The predicted molar refractivity (Wildman–Crippen MR) is 112 cm³/mol. The fraction of sp³-hybridized carbons (Fsp3) is 0.417. The van der Waals surface area contributed by atoms with Crippen LogP contribution in [-0.4, -0.2) is 0 Å². The summed E-state index contributed by atoms with van der Waals surface area (Å²) in [6.45, 7) is 28.7. The molecule has 0 aromatic heterocycles. The molecule has 2 aromatic carbocycles. The van der Waals surface area contributed by atoms with Crippen molar-refractivity contribution < 1.29 is 33.0 Å². The molecule has 0 bridgehead atoms. The standard InChI is InChI=1S/2C10H15.C4H6.2Ni/c2*1-6-7(2)9(4)10(5)8(6)3;1-3-4-2;;/h2*1-5H3;3-4H,1-2H2;;/q2*-1;;;. The molecule has 0 radical (unpaired) electrons. The fourth-order valence-corrected chi connectivity index (χ4v) is 2.81. The minimum atomic E-state index is 0. The van der Waals surface area contributed by atoms with Crippen molar-refractivity contribution in [2.45, 2.75) is 69.2 Å². The number of rotatable bonds is 1. The summed E-state index contributed by atoms with van der Waals surface area (Å²) < 4.78 is 0. The molecule has 0 aliphatic heterocycles. The van der Waals surface area contributed by atoms with Crippen LogP contribution in [0.1, 0.15) is 55.6 Å². The van der Waals surface area contributed by atoms with Crippen LogP contribution in [0, 0.1) is 69.2 Å². The van der Waals surface area contributed by atoms with Gasteiger partial charge in [-0.3, -0.25) is 0 Å². The van der Waals surface area contributed by atoms with Crippen LogP contribution in [0.15, 0.2) is 25.3 Å². The predicted octanol–water partition coefficient (Wildman–Crippen LogP) is 7.25. The van der Waals surface area contributed by atoms with Crippen molar-refractivity contribution in [1.82, 2.24) is 0 Å². The van der Waals surface area contributed by atoms with Crippen LogP contribution in [0.5, 0.6) is 0 Å². The summed E-state index contributed by atoms with van der Waals surface area (Å²) in [5.41, 5.74) is 14.7. The summed E-state index contributed by atoms with van der Waals surface area (Å²) >= 11 is 0. The zero-order chi connectivity index (χ0) is 19.2. The third kappa shape index (κ3) is 7.06. The van der Waals surface area contributed by atoms with Crippen LogP contribution in [0.25, 0.3) is 0 Å². The molecule has 2 aromatic rings. The molecular weight excluding hydrogens is 406 g/mol. The van der Waals surface area contributed by atoms with E-state index in [0.29, 0.717) is 0 Å². The van der Waals surface area contributed by atoms with Gasteiger partial charge in [0.1, 0.15) is 0 Å². The van der Waals surface area contributed by atoms with Gasteiger partial charge in [-0.25, -0.2) is 0 Å². The number of hydrogen-bond acceptors (Lipinski definition) is 0. The molecule has 0 aliphatic carbocycles. The topological polar surface area (TPSA) is 0 Å². The van der Waals surface area contributed by atoms with Gasteiger partial charge >= 0.3 is 0 Å². The summed E-state index contributed by atoms with van der Waals surface area (Å²) in [5.74, 6) is 0. The van der Waals surface area contributed by atoms with Gasteiger partial charge in [0.2, 0.25) is 0 Å². The average molecular weight is 442 g/mol. The SMILES string of the molecule is C=CC=C.Cc1c(C)c(C)[c-](C)c1C.Cc1c(C)c(C)[c-](C)c1C.[Ni].[Ni]. The zero-order valence-electron chi connectivity index (χ0n) is 18.2. The van der Waals surface area contributed by atoms with E-state index >= 15 is 0 Å². The van der Waals surface area contributed by atoms with Crippen molar-refractivity contribution in [3.63, 3.8) is 0 Å². The molecule has 0 aliphatic rings. The second-order valence-corrected chi connectivity index (χ2v) is 6.72. The maximum Gasteiger partial charge on any atom is 0 e. The normalized spacial score (nSPS) is 8.85. The van der Waals surface area contributed by atoms with Gasteiger partial charge in [-0.2, -0.15) is 55.6 Å². The summed E-state index contributed by atoms with van der Waals surface area (Å²) in [5, 5.41) is 0. The molecule has 26 heavy (non-hydrogen) atoms. The Hall–Kier alpha value is -0.833. The van der Waals surface area contributed by atoms with Crippen molar-refractivity contribution in [3.8, 4) is 0 Å². The van der Waals surface area contributed by atoms with Gasteiger partial charge in [-0.15, -0.1) is 0 Å². The Morgan fingerprint density at radius 3 is 0.692 bits per heavy atom. The molecular formula is C24H36Ni2-2. The van der Waals surface area contributed by atoms with Crippen molar-refractivity contribution in [2.24, 2.45) is 0 Å². The Kier molecular flexibility index (Phi) is 15.4. The molecule has 0 spiro atoms. The molecule has 0 nitrogen and oxygen atoms in total. The van der Waals surface area contributed by atoms with E-state index in [0.717, 1.165) is 0 Å². The molecule has 0 saturated carbocycles. The first-order chi connectivity index (χ1) is 11.0. The van der Waals surface area contributed by atoms with Crippen LogP contribution < -0.4 is 0 Å². The summed E-state index contributed by atoms with van der Waals surface area (Å²) in [7, 11) is 0. The van der Waals surface area contributed by atoms with E-state index in [2.05, 4.69) is 82.4 Å². The van der Waals surface area contributed by atoms with Gasteiger partial charge in [0.05, 0.1) is 0 Å². The minimum absolute atomic E-state index is 0. The maximum absolute atomic E-state index is 3.36. The van der Waals surface area contributed by atoms with Crippen molar-refractivity contribution in [3.05, 3.63) is 80.9 Å². The zero-order valence-corrected chi connectivity index (χ0v) is 20.2. The Bertz CT molecular complexity index is 487. The monoisotopic (exact) mass is 440 g/mol. The quantitative estimate of drug-likeness (QED) is 0.248. The van der Waals surface area contributed by atoms with Crippen molar-refractivity contribution in [1.29, 1.82) is 0 Å². The van der Waals surface area contributed by atoms with Gasteiger partial charge < -0.3 is 0 Å². The molecule has 0 saturated heterocycles. The Labute approximate surface area is 182 Å². The Morgan fingerprint density at radius 1 is 0.500 bits per heavy atom. The van der Waals surface area contributed by atoms with E-state index < -0.39 is 0 Å². The third-order valence-electron chi connectivity index (χ3n) is 5.79. The molecule has 2 heteroatoms. The fourth-order valence-electron chi connectivity index (χ4n) is 2.81. The van der Waals surface area contributed by atoms with E-state index in [1.54, 1.807) is 12.2 Å². The Balaban J connectivity index is -0.000000319. The van der Waals surface area contributed by atoms with E-state index in [4.69, 9.17) is 0 Å². The molecule has 0 amide bonds. The van der Waals surface area contributed by atoms with Crippen LogP contribution in [0.3, 0.4) is 0 Å². The van der Waals surface area contributed by atoms with Crippen LogP contribution >= 0.6 is 0 Å². The summed E-state index contributed by atoms with van der Waals surface area (Å²) in [4.78, 5) is 0. The van der Waals surface area contributed by atoms with Crippen LogP contribution in [0.2, 0.25) is 0 Å². The minimum Gasteiger partial charge on any atom is -0.196 e. The van der Waals surface area contributed by atoms with Crippen molar-refractivity contribution in [2.75, 3.05) is 0 Å². The van der Waals surface area contributed by atoms with E-state index in [-0.39, 0.29) is 33.0 Å². The molecule has 0 unspecified atom stereocenters. The Morgan fingerprint density at radius 2 is 0.654 bits per heavy atom. The van der Waals surface area contributed by atoms with Crippen LogP contribution in [0.4, 0.5) is 0 Å². The van der Waals surface area contributed by atoms with E-state index in [1.807, 2.05) is 0 Å². The average Bonchev–Trinajstić information content (AvgIpc) is 2.86. The second kappa shape index (κ2) is 13.4. The molecule has 0 N–H and O–H groups in total. The van der Waals surface area contributed by atoms with Gasteiger partial charge in [0.15, 0.2) is 0 Å². The first-order valence-corrected chi connectivity index (χ1v) is 8.65. The van der Waals surface area contributed by atoms with E-state index in [1.165, 1.54) is 55.6 Å². The molecule has 0 atom stereocenters. The third-order valence-corrected chi connectivity index (χ3v) is 5.79. The molecule has 2 rings (SSSR count).